The maximum Gasteiger partial charge on any atom is 0.132 e. The second-order valence-corrected chi connectivity index (χ2v) is 5.91. The van der Waals surface area contributed by atoms with Crippen molar-refractivity contribution in [2.75, 3.05) is 30.3 Å². The highest BCUT2D eigenvalue weighted by molar-refractivity contribution is 5.48. The molecule has 0 spiro atoms. The number of hydrogen-bond acceptors (Lipinski definition) is 5. The standard InChI is InChI=1S/C15H25N5/c1-3-16-14-10-15(18-11(2)17-14)19-12-6-8-20-7-4-5-13(20)9-12/h10,12-13H,3-9H2,1-2H3,(H2,16,17,18,19). The lowest BCUT2D eigenvalue weighted by atomic mass is 9.97. The van der Waals surface area contributed by atoms with Gasteiger partial charge in [-0.1, -0.05) is 0 Å². The zero-order valence-corrected chi connectivity index (χ0v) is 12.5. The Hall–Kier alpha value is -1.36. The van der Waals surface area contributed by atoms with Crippen LogP contribution in [0.25, 0.3) is 0 Å². The fourth-order valence-corrected chi connectivity index (χ4v) is 3.48. The molecular formula is C15H25N5. The van der Waals surface area contributed by atoms with E-state index in [1.165, 1.54) is 38.8 Å². The second kappa shape index (κ2) is 5.95. The third kappa shape index (κ3) is 3.03. The zero-order valence-electron chi connectivity index (χ0n) is 12.5. The predicted octanol–water partition coefficient (Wildman–Crippen LogP) is 2.26. The first kappa shape index (κ1) is 13.6. The van der Waals surface area contributed by atoms with E-state index in [0.29, 0.717) is 6.04 Å². The largest absolute Gasteiger partial charge is 0.370 e. The van der Waals surface area contributed by atoms with E-state index in [1.54, 1.807) is 0 Å². The lowest BCUT2D eigenvalue weighted by molar-refractivity contribution is 0.188. The molecule has 3 rings (SSSR count). The SMILES string of the molecule is CCNc1cc(NC2CCN3CCCC3C2)nc(C)n1. The number of fused-ring (bicyclic) bond motifs is 1. The highest BCUT2D eigenvalue weighted by Crippen LogP contribution is 2.28. The number of rotatable bonds is 4. The average Bonchev–Trinajstić information content (AvgIpc) is 2.85. The Morgan fingerprint density at radius 3 is 2.95 bits per heavy atom. The third-order valence-corrected chi connectivity index (χ3v) is 4.37. The van der Waals surface area contributed by atoms with E-state index in [4.69, 9.17) is 0 Å². The molecule has 2 N–H and O–H groups in total. The Labute approximate surface area is 121 Å². The molecule has 0 amide bonds. The van der Waals surface area contributed by atoms with Crippen LogP contribution in [-0.4, -0.2) is 46.6 Å². The van der Waals surface area contributed by atoms with E-state index in [-0.39, 0.29) is 0 Å². The van der Waals surface area contributed by atoms with Crippen LogP contribution in [-0.2, 0) is 0 Å². The van der Waals surface area contributed by atoms with Crippen molar-refractivity contribution in [1.29, 1.82) is 0 Å². The minimum atomic E-state index is 0.554. The third-order valence-electron chi connectivity index (χ3n) is 4.37. The molecule has 2 aliphatic rings. The van der Waals surface area contributed by atoms with Crippen LogP contribution in [0.2, 0.25) is 0 Å². The van der Waals surface area contributed by atoms with Crippen LogP contribution in [0.4, 0.5) is 11.6 Å². The highest BCUT2D eigenvalue weighted by atomic mass is 15.2. The van der Waals surface area contributed by atoms with Gasteiger partial charge in [0, 0.05) is 31.2 Å². The molecule has 5 heteroatoms. The molecule has 20 heavy (non-hydrogen) atoms. The van der Waals surface area contributed by atoms with Crippen LogP contribution < -0.4 is 10.6 Å². The molecule has 0 saturated carbocycles. The van der Waals surface area contributed by atoms with Gasteiger partial charge in [0.1, 0.15) is 17.5 Å². The molecule has 0 bridgehead atoms. The van der Waals surface area contributed by atoms with E-state index >= 15 is 0 Å². The Morgan fingerprint density at radius 2 is 2.10 bits per heavy atom. The van der Waals surface area contributed by atoms with Gasteiger partial charge in [-0.05, 0) is 46.1 Å². The van der Waals surface area contributed by atoms with Gasteiger partial charge in [-0.3, -0.25) is 0 Å². The van der Waals surface area contributed by atoms with E-state index in [2.05, 4.69) is 32.4 Å². The summed E-state index contributed by atoms with van der Waals surface area (Å²) in [6.45, 7) is 7.45. The van der Waals surface area contributed by atoms with Crippen LogP contribution >= 0.6 is 0 Å². The van der Waals surface area contributed by atoms with Crippen molar-refractivity contribution in [3.05, 3.63) is 11.9 Å². The molecule has 2 unspecified atom stereocenters. The molecule has 2 atom stereocenters. The summed E-state index contributed by atoms with van der Waals surface area (Å²) in [4.78, 5) is 11.6. The van der Waals surface area contributed by atoms with Gasteiger partial charge in [0.15, 0.2) is 0 Å². The highest BCUT2D eigenvalue weighted by Gasteiger charge is 2.31. The summed E-state index contributed by atoms with van der Waals surface area (Å²) in [6, 6.07) is 3.37. The van der Waals surface area contributed by atoms with E-state index in [1.807, 2.05) is 13.0 Å². The van der Waals surface area contributed by atoms with Crippen LogP contribution in [0, 0.1) is 6.92 Å². The number of nitrogens with zero attached hydrogens (tertiary/aromatic N) is 3. The number of aromatic nitrogens is 2. The Morgan fingerprint density at radius 1 is 1.25 bits per heavy atom. The summed E-state index contributed by atoms with van der Waals surface area (Å²) in [5, 5.41) is 6.88. The lowest BCUT2D eigenvalue weighted by Crippen LogP contribution is -2.42. The number of nitrogens with one attached hydrogen (secondary N) is 2. The lowest BCUT2D eigenvalue weighted by Gasteiger charge is -2.35. The van der Waals surface area contributed by atoms with Crippen molar-refractivity contribution in [3.8, 4) is 0 Å². The van der Waals surface area contributed by atoms with Crippen LogP contribution in [0.3, 0.4) is 0 Å². The quantitative estimate of drug-likeness (QED) is 0.883. The van der Waals surface area contributed by atoms with Crippen LogP contribution in [0.15, 0.2) is 6.07 Å². The van der Waals surface area contributed by atoms with E-state index in [9.17, 15) is 0 Å². The van der Waals surface area contributed by atoms with Crippen molar-refractivity contribution in [2.24, 2.45) is 0 Å². The number of hydrogen-bond donors (Lipinski definition) is 2. The fraction of sp³-hybridized carbons (Fsp3) is 0.733. The monoisotopic (exact) mass is 275 g/mol. The van der Waals surface area contributed by atoms with Crippen LogP contribution in [0.1, 0.15) is 38.4 Å². The van der Waals surface area contributed by atoms with Gasteiger partial charge < -0.3 is 15.5 Å². The molecular weight excluding hydrogens is 250 g/mol. The molecule has 0 aliphatic carbocycles. The second-order valence-electron chi connectivity index (χ2n) is 5.91. The van der Waals surface area contributed by atoms with Crippen molar-refractivity contribution in [3.63, 3.8) is 0 Å². The Kier molecular flexibility index (Phi) is 4.05. The summed E-state index contributed by atoms with van der Waals surface area (Å²) in [5.74, 6) is 2.70. The van der Waals surface area contributed by atoms with Gasteiger partial charge in [-0.25, -0.2) is 9.97 Å². The molecule has 1 aromatic rings. The number of anilines is 2. The van der Waals surface area contributed by atoms with Crippen molar-refractivity contribution in [1.82, 2.24) is 14.9 Å². The van der Waals surface area contributed by atoms with Gasteiger partial charge >= 0.3 is 0 Å². The summed E-state index contributed by atoms with van der Waals surface area (Å²) in [6.07, 6.45) is 5.20. The molecule has 1 aromatic heterocycles. The minimum Gasteiger partial charge on any atom is -0.370 e. The summed E-state index contributed by atoms with van der Waals surface area (Å²) >= 11 is 0. The van der Waals surface area contributed by atoms with Gasteiger partial charge in [0.2, 0.25) is 0 Å². The maximum atomic E-state index is 4.52. The normalized spacial score (nSPS) is 26.3. The van der Waals surface area contributed by atoms with Gasteiger partial charge in [0.25, 0.3) is 0 Å². The number of piperidine rings is 1. The first-order valence-corrected chi connectivity index (χ1v) is 7.84. The van der Waals surface area contributed by atoms with Crippen LogP contribution in [0.5, 0.6) is 0 Å². The molecule has 5 nitrogen and oxygen atoms in total. The Balaban J connectivity index is 1.65. The number of aryl methyl sites for hydroxylation is 1. The molecule has 2 aliphatic heterocycles. The predicted molar refractivity (Wildman–Crippen MR) is 82.2 cm³/mol. The minimum absolute atomic E-state index is 0.554. The summed E-state index contributed by atoms with van der Waals surface area (Å²) in [5.41, 5.74) is 0. The summed E-state index contributed by atoms with van der Waals surface area (Å²) < 4.78 is 0. The molecule has 0 aromatic carbocycles. The first-order chi connectivity index (χ1) is 9.74. The van der Waals surface area contributed by atoms with Crippen molar-refractivity contribution >= 4 is 11.6 Å². The summed E-state index contributed by atoms with van der Waals surface area (Å²) in [7, 11) is 0. The smallest absolute Gasteiger partial charge is 0.132 e. The zero-order chi connectivity index (χ0) is 13.9. The van der Waals surface area contributed by atoms with Crippen molar-refractivity contribution in [2.45, 2.75) is 51.6 Å². The van der Waals surface area contributed by atoms with Gasteiger partial charge in [-0.2, -0.15) is 0 Å². The molecule has 2 saturated heterocycles. The molecule has 3 heterocycles. The molecule has 0 radical (unpaired) electrons. The maximum absolute atomic E-state index is 4.52. The van der Waals surface area contributed by atoms with E-state index in [0.717, 1.165) is 30.0 Å². The molecule has 2 fully saturated rings. The van der Waals surface area contributed by atoms with Gasteiger partial charge in [-0.15, -0.1) is 0 Å². The topological polar surface area (TPSA) is 53.1 Å². The molecule has 110 valence electrons. The fourth-order valence-electron chi connectivity index (χ4n) is 3.48. The van der Waals surface area contributed by atoms with Crippen molar-refractivity contribution < 1.29 is 0 Å². The first-order valence-electron chi connectivity index (χ1n) is 7.84. The average molecular weight is 275 g/mol. The Bertz CT molecular complexity index is 462. The van der Waals surface area contributed by atoms with E-state index < -0.39 is 0 Å². The van der Waals surface area contributed by atoms with Gasteiger partial charge in [0.05, 0.1) is 0 Å².